The van der Waals surface area contributed by atoms with Crippen LogP contribution in [0.5, 0.6) is 5.75 Å². The molecule has 3 aromatic rings. The molecule has 10 heteroatoms. The number of carbonyl (C=O) groups is 4. The number of imide groups is 1. The number of ether oxygens (including phenoxy) is 1. The van der Waals surface area contributed by atoms with Gasteiger partial charge < -0.3 is 19.4 Å². The summed E-state index contributed by atoms with van der Waals surface area (Å²) in [6.45, 7) is 1.53. The standard InChI is InChI=1S/C22H18N4O6/c1-11(27)14-5-13-6-17(32-18(13)23-8-14)22(20(29)24-21(30)25-22)10-26-9-12-3-4-15(31-2)7-16(12)19(26)28/h3-8H,9-10H2,1-2H3,(H2,24,25,29,30). The lowest BCUT2D eigenvalue weighted by molar-refractivity contribution is -0.125. The van der Waals surface area contributed by atoms with E-state index in [0.29, 0.717) is 22.3 Å². The second-order valence-electron chi connectivity index (χ2n) is 7.78. The number of hydrogen-bond donors (Lipinski definition) is 2. The van der Waals surface area contributed by atoms with Gasteiger partial charge in [-0.3, -0.25) is 19.7 Å². The number of nitrogens with one attached hydrogen (secondary N) is 2. The van der Waals surface area contributed by atoms with Crippen molar-refractivity contribution in [1.29, 1.82) is 0 Å². The van der Waals surface area contributed by atoms with Crippen LogP contribution in [0, 0.1) is 0 Å². The zero-order chi connectivity index (χ0) is 22.6. The van der Waals surface area contributed by atoms with E-state index >= 15 is 0 Å². The number of amides is 4. The van der Waals surface area contributed by atoms with E-state index in [0.717, 1.165) is 5.56 Å². The van der Waals surface area contributed by atoms with Crippen molar-refractivity contribution in [2.45, 2.75) is 19.0 Å². The molecular formula is C22H18N4O6. The van der Waals surface area contributed by atoms with Crippen LogP contribution in [0.2, 0.25) is 0 Å². The van der Waals surface area contributed by atoms with Gasteiger partial charge in [-0.05, 0) is 36.8 Å². The van der Waals surface area contributed by atoms with Crippen LogP contribution in [0.15, 0.2) is 40.9 Å². The molecule has 2 N–H and O–H groups in total. The van der Waals surface area contributed by atoms with Crippen molar-refractivity contribution in [3.8, 4) is 5.75 Å². The van der Waals surface area contributed by atoms with Gasteiger partial charge in [0, 0.05) is 29.3 Å². The highest BCUT2D eigenvalue weighted by Gasteiger charge is 2.53. The number of rotatable bonds is 5. The molecule has 1 unspecified atom stereocenters. The summed E-state index contributed by atoms with van der Waals surface area (Å²) in [5.41, 5.74) is 0.211. The number of ketones is 1. The molecule has 0 bridgehead atoms. The lowest BCUT2D eigenvalue weighted by atomic mass is 9.95. The Kier molecular flexibility index (Phi) is 4.26. The highest BCUT2D eigenvalue weighted by molar-refractivity contribution is 6.08. The van der Waals surface area contributed by atoms with E-state index in [9.17, 15) is 19.2 Å². The number of carbonyl (C=O) groups excluding carboxylic acids is 4. The van der Waals surface area contributed by atoms with Crippen LogP contribution in [0.3, 0.4) is 0 Å². The predicted octanol–water partition coefficient (Wildman–Crippen LogP) is 1.73. The van der Waals surface area contributed by atoms with Crippen LogP contribution in [0.1, 0.15) is 39.0 Å². The number of pyridine rings is 1. The molecular weight excluding hydrogens is 416 g/mol. The van der Waals surface area contributed by atoms with E-state index < -0.39 is 17.5 Å². The number of Topliss-reactive ketones (excluding diaryl/α,β-unsaturated/α-hetero) is 1. The molecule has 162 valence electrons. The fourth-order valence-electron chi connectivity index (χ4n) is 4.07. The number of aromatic nitrogens is 1. The number of benzene rings is 1. The summed E-state index contributed by atoms with van der Waals surface area (Å²) < 4.78 is 11.0. The highest BCUT2D eigenvalue weighted by Crippen LogP contribution is 2.34. The van der Waals surface area contributed by atoms with Crippen LogP contribution in [-0.2, 0) is 16.9 Å². The minimum absolute atomic E-state index is 0.116. The fraction of sp³-hybridized carbons (Fsp3) is 0.227. The third-order valence-corrected chi connectivity index (χ3v) is 5.76. The van der Waals surface area contributed by atoms with Crippen LogP contribution in [0.4, 0.5) is 4.79 Å². The number of hydrogen-bond acceptors (Lipinski definition) is 7. The maximum Gasteiger partial charge on any atom is 0.322 e. The first-order valence-corrected chi connectivity index (χ1v) is 9.81. The number of nitrogens with zero attached hydrogens (tertiary/aromatic N) is 2. The Morgan fingerprint density at radius 1 is 1.25 bits per heavy atom. The SMILES string of the molecule is COc1ccc2c(c1)C(=O)N(CC1(c3cc4cc(C(C)=O)cnc4o3)NC(=O)NC1=O)C2. The smallest absolute Gasteiger partial charge is 0.322 e. The molecule has 32 heavy (non-hydrogen) atoms. The molecule has 5 rings (SSSR count). The minimum Gasteiger partial charge on any atom is -0.497 e. The second-order valence-corrected chi connectivity index (χ2v) is 7.78. The van der Waals surface area contributed by atoms with E-state index in [1.807, 2.05) is 0 Å². The number of methoxy groups -OCH3 is 1. The molecule has 2 aromatic heterocycles. The van der Waals surface area contributed by atoms with Gasteiger partial charge in [0.05, 0.1) is 13.7 Å². The molecule has 0 aliphatic carbocycles. The predicted molar refractivity (Wildman–Crippen MR) is 110 cm³/mol. The Bertz CT molecular complexity index is 1330. The first-order chi connectivity index (χ1) is 15.3. The lowest BCUT2D eigenvalue weighted by Crippen LogP contribution is -2.52. The van der Waals surface area contributed by atoms with E-state index in [2.05, 4.69) is 15.6 Å². The monoisotopic (exact) mass is 434 g/mol. The molecule has 2 aliphatic rings. The van der Waals surface area contributed by atoms with Crippen molar-refractivity contribution in [3.05, 3.63) is 59.0 Å². The Balaban J connectivity index is 1.55. The van der Waals surface area contributed by atoms with Gasteiger partial charge in [-0.25, -0.2) is 9.78 Å². The zero-order valence-electron chi connectivity index (χ0n) is 17.2. The largest absolute Gasteiger partial charge is 0.497 e. The van der Waals surface area contributed by atoms with Gasteiger partial charge in [0.2, 0.25) is 5.71 Å². The van der Waals surface area contributed by atoms with Crippen molar-refractivity contribution < 1.29 is 28.3 Å². The Labute approximate surface area is 181 Å². The molecule has 1 fully saturated rings. The quantitative estimate of drug-likeness (QED) is 0.462. The number of urea groups is 1. The van der Waals surface area contributed by atoms with Crippen molar-refractivity contribution in [2.75, 3.05) is 13.7 Å². The Morgan fingerprint density at radius 3 is 2.75 bits per heavy atom. The first-order valence-electron chi connectivity index (χ1n) is 9.81. The van der Waals surface area contributed by atoms with Crippen LogP contribution >= 0.6 is 0 Å². The highest BCUT2D eigenvalue weighted by atomic mass is 16.5. The van der Waals surface area contributed by atoms with Crippen LogP contribution in [0.25, 0.3) is 11.1 Å². The molecule has 1 saturated heterocycles. The van der Waals surface area contributed by atoms with Gasteiger partial charge in [0.15, 0.2) is 11.3 Å². The molecule has 0 radical (unpaired) electrons. The fourth-order valence-corrected chi connectivity index (χ4v) is 4.07. The van der Waals surface area contributed by atoms with E-state index in [4.69, 9.17) is 9.15 Å². The average Bonchev–Trinajstić information content (AvgIpc) is 3.41. The maximum absolute atomic E-state index is 13.1. The molecule has 0 saturated carbocycles. The van der Waals surface area contributed by atoms with Crippen LogP contribution < -0.4 is 15.4 Å². The molecule has 1 atom stereocenters. The van der Waals surface area contributed by atoms with E-state index in [1.54, 1.807) is 30.3 Å². The molecule has 10 nitrogen and oxygen atoms in total. The summed E-state index contributed by atoms with van der Waals surface area (Å²) in [4.78, 5) is 55.4. The van der Waals surface area contributed by atoms with Gasteiger partial charge in [0.1, 0.15) is 11.5 Å². The second kappa shape index (κ2) is 6.91. The Hall–Kier alpha value is -4.21. The topological polar surface area (TPSA) is 131 Å². The summed E-state index contributed by atoms with van der Waals surface area (Å²) in [7, 11) is 1.51. The number of furan rings is 1. The maximum atomic E-state index is 13.1. The zero-order valence-corrected chi connectivity index (χ0v) is 17.2. The molecule has 0 spiro atoms. The van der Waals surface area contributed by atoms with Crippen molar-refractivity contribution in [3.63, 3.8) is 0 Å². The minimum atomic E-state index is -1.64. The average molecular weight is 434 g/mol. The third kappa shape index (κ3) is 2.91. The Morgan fingerprint density at radius 2 is 2.06 bits per heavy atom. The summed E-state index contributed by atoms with van der Waals surface area (Å²) >= 11 is 0. The summed E-state index contributed by atoms with van der Waals surface area (Å²) in [5.74, 6) is -0.440. The molecule has 4 amide bonds. The van der Waals surface area contributed by atoms with E-state index in [1.165, 1.54) is 25.1 Å². The summed E-state index contributed by atoms with van der Waals surface area (Å²) in [6, 6.07) is 7.65. The normalized spacial score (nSPS) is 19.8. The van der Waals surface area contributed by atoms with Gasteiger partial charge in [-0.15, -0.1) is 0 Å². The first kappa shape index (κ1) is 19.7. The van der Waals surface area contributed by atoms with Crippen molar-refractivity contribution >= 4 is 34.7 Å². The van der Waals surface area contributed by atoms with E-state index in [-0.39, 0.29) is 36.3 Å². The number of fused-ring (bicyclic) bond motifs is 2. The summed E-state index contributed by atoms with van der Waals surface area (Å²) in [5, 5.41) is 5.35. The molecule has 1 aromatic carbocycles. The molecule has 4 heterocycles. The van der Waals surface area contributed by atoms with Gasteiger partial charge in [0.25, 0.3) is 11.8 Å². The van der Waals surface area contributed by atoms with Crippen LogP contribution in [-0.4, -0.2) is 47.2 Å². The summed E-state index contributed by atoms with van der Waals surface area (Å²) in [6.07, 6.45) is 1.38. The van der Waals surface area contributed by atoms with Gasteiger partial charge >= 0.3 is 6.03 Å². The molecule has 2 aliphatic heterocycles. The third-order valence-electron chi connectivity index (χ3n) is 5.76. The lowest BCUT2D eigenvalue weighted by Gasteiger charge is -2.28. The van der Waals surface area contributed by atoms with Crippen molar-refractivity contribution in [2.24, 2.45) is 0 Å². The van der Waals surface area contributed by atoms with Gasteiger partial charge in [-0.2, -0.15) is 0 Å². The van der Waals surface area contributed by atoms with Crippen molar-refractivity contribution in [1.82, 2.24) is 20.5 Å². The van der Waals surface area contributed by atoms with Gasteiger partial charge in [-0.1, -0.05) is 6.07 Å².